The lowest BCUT2D eigenvalue weighted by atomic mass is 10.0. The van der Waals surface area contributed by atoms with Crippen LogP contribution in [-0.4, -0.2) is 32.8 Å². The molecule has 0 unspecified atom stereocenters. The largest absolute Gasteiger partial charge is 0.503 e. The summed E-state index contributed by atoms with van der Waals surface area (Å²) in [5.74, 6) is -1.20. The zero-order valence-corrected chi connectivity index (χ0v) is 14.4. The van der Waals surface area contributed by atoms with Crippen molar-refractivity contribution in [3.05, 3.63) is 76.8 Å². The van der Waals surface area contributed by atoms with E-state index >= 15 is 0 Å². The third kappa shape index (κ3) is 2.85. The second kappa shape index (κ2) is 6.45. The molecule has 0 aliphatic heterocycles. The molecule has 0 atom stereocenters. The van der Waals surface area contributed by atoms with Crippen molar-refractivity contribution in [3.63, 3.8) is 0 Å². The molecule has 0 spiro atoms. The van der Waals surface area contributed by atoms with Gasteiger partial charge in [0, 0.05) is 24.3 Å². The Bertz CT molecular complexity index is 1220. The lowest BCUT2D eigenvalue weighted by molar-refractivity contribution is 0.0954. The number of carbonyl (C=O) groups excluding carboxylic acids is 1. The Morgan fingerprint density at radius 1 is 1.19 bits per heavy atom. The fraction of sp³-hybridized carbons (Fsp3) is 0.0500. The van der Waals surface area contributed by atoms with Crippen molar-refractivity contribution < 1.29 is 9.90 Å². The van der Waals surface area contributed by atoms with E-state index in [-0.39, 0.29) is 5.69 Å². The molecule has 0 saturated heterocycles. The molecule has 27 heavy (non-hydrogen) atoms. The molecule has 3 N–H and O–H groups in total. The van der Waals surface area contributed by atoms with Crippen LogP contribution in [0.15, 0.2) is 65.7 Å². The summed E-state index contributed by atoms with van der Waals surface area (Å²) in [6, 6.07) is 15.4. The monoisotopic (exact) mass is 360 g/mol. The predicted octanol–water partition coefficient (Wildman–Crippen LogP) is 2.45. The highest BCUT2D eigenvalue weighted by Crippen LogP contribution is 2.29. The smallest absolute Gasteiger partial charge is 0.275 e. The maximum Gasteiger partial charge on any atom is 0.275 e. The summed E-state index contributed by atoms with van der Waals surface area (Å²) in [6.45, 7) is 0. The van der Waals surface area contributed by atoms with Crippen molar-refractivity contribution in [1.82, 2.24) is 20.1 Å². The van der Waals surface area contributed by atoms with Crippen LogP contribution in [0, 0.1) is 0 Å². The zero-order chi connectivity index (χ0) is 19.0. The molecular weight excluding hydrogens is 344 g/mol. The van der Waals surface area contributed by atoms with Gasteiger partial charge >= 0.3 is 0 Å². The van der Waals surface area contributed by atoms with E-state index in [1.54, 1.807) is 6.07 Å². The van der Waals surface area contributed by atoms with Gasteiger partial charge in [0.25, 0.3) is 11.3 Å². The van der Waals surface area contributed by atoms with E-state index in [9.17, 15) is 14.7 Å². The van der Waals surface area contributed by atoms with Gasteiger partial charge < -0.3 is 15.4 Å². The molecule has 2 aromatic carbocycles. The number of amides is 1. The Morgan fingerprint density at radius 2 is 2.00 bits per heavy atom. The molecule has 0 bridgehead atoms. The van der Waals surface area contributed by atoms with Gasteiger partial charge in [-0.15, -0.1) is 0 Å². The van der Waals surface area contributed by atoms with Crippen LogP contribution in [0.2, 0.25) is 0 Å². The van der Waals surface area contributed by atoms with E-state index in [4.69, 9.17) is 0 Å². The molecule has 134 valence electrons. The topological polar surface area (TPSA) is 100 Å². The van der Waals surface area contributed by atoms with Crippen LogP contribution in [0.4, 0.5) is 0 Å². The summed E-state index contributed by atoms with van der Waals surface area (Å²) in [7, 11) is 1.40. The summed E-state index contributed by atoms with van der Waals surface area (Å²) >= 11 is 0. The zero-order valence-electron chi connectivity index (χ0n) is 14.4. The minimum Gasteiger partial charge on any atom is -0.503 e. The van der Waals surface area contributed by atoms with E-state index in [0.29, 0.717) is 5.69 Å². The number of rotatable bonds is 3. The number of carbonyl (C=O) groups is 1. The third-order valence-corrected chi connectivity index (χ3v) is 4.36. The molecule has 0 radical (unpaired) electrons. The lowest BCUT2D eigenvalue weighted by Crippen LogP contribution is -2.29. The van der Waals surface area contributed by atoms with Crippen LogP contribution in [0.3, 0.4) is 0 Å². The van der Waals surface area contributed by atoms with E-state index < -0.39 is 17.1 Å². The normalized spacial score (nSPS) is 10.9. The van der Waals surface area contributed by atoms with E-state index in [0.717, 1.165) is 22.0 Å². The standard InChI is InChI=1S/C20H16N4O3/c1-21-20(27)18-19(26)17(25)11-24(23-18)16-5-3-2-4-14(16)12-6-7-15-13(10-12)8-9-22-15/h2-11,22,25H,1H3,(H,21,27). The van der Waals surface area contributed by atoms with Gasteiger partial charge in [0.2, 0.25) is 0 Å². The fourth-order valence-electron chi connectivity index (χ4n) is 3.01. The number of fused-ring (bicyclic) bond motifs is 1. The van der Waals surface area contributed by atoms with Crippen LogP contribution in [0.1, 0.15) is 10.5 Å². The van der Waals surface area contributed by atoms with Crippen LogP contribution >= 0.6 is 0 Å². The molecule has 4 rings (SSSR count). The van der Waals surface area contributed by atoms with Crippen molar-refractivity contribution in [2.75, 3.05) is 7.05 Å². The molecule has 7 heteroatoms. The Balaban J connectivity index is 1.92. The van der Waals surface area contributed by atoms with Crippen LogP contribution in [0.5, 0.6) is 5.75 Å². The number of nitrogens with zero attached hydrogens (tertiary/aromatic N) is 2. The minimum absolute atomic E-state index is 0.367. The molecule has 0 saturated carbocycles. The number of hydrogen-bond donors (Lipinski definition) is 3. The molecule has 0 aliphatic rings. The first kappa shape index (κ1) is 16.6. The Labute approximate surface area is 153 Å². The summed E-state index contributed by atoms with van der Waals surface area (Å²) in [5, 5.41) is 17.6. The SMILES string of the molecule is CNC(=O)c1nn(-c2ccccc2-c2ccc3[nH]ccc3c2)cc(O)c1=O. The first-order valence-corrected chi connectivity index (χ1v) is 8.30. The van der Waals surface area contributed by atoms with Crippen molar-refractivity contribution >= 4 is 16.8 Å². The summed E-state index contributed by atoms with van der Waals surface area (Å²) in [5.41, 5.74) is 2.27. The molecule has 2 aromatic heterocycles. The predicted molar refractivity (Wildman–Crippen MR) is 102 cm³/mol. The van der Waals surface area contributed by atoms with Gasteiger partial charge in [0.15, 0.2) is 11.4 Å². The van der Waals surface area contributed by atoms with Gasteiger partial charge in [-0.25, -0.2) is 4.68 Å². The molecule has 7 nitrogen and oxygen atoms in total. The Hall–Kier alpha value is -3.87. The van der Waals surface area contributed by atoms with Crippen LogP contribution in [-0.2, 0) is 0 Å². The first-order valence-electron chi connectivity index (χ1n) is 8.30. The van der Waals surface area contributed by atoms with Crippen molar-refractivity contribution in [2.45, 2.75) is 0 Å². The summed E-state index contributed by atoms with van der Waals surface area (Å²) in [4.78, 5) is 27.1. The highest BCUT2D eigenvalue weighted by atomic mass is 16.3. The molecule has 0 fully saturated rings. The first-order chi connectivity index (χ1) is 13.1. The van der Waals surface area contributed by atoms with Crippen molar-refractivity contribution in [1.29, 1.82) is 0 Å². The molecule has 0 aliphatic carbocycles. The minimum atomic E-state index is -0.808. The van der Waals surface area contributed by atoms with Crippen molar-refractivity contribution in [2.24, 2.45) is 0 Å². The maximum absolute atomic E-state index is 12.0. The number of aromatic nitrogens is 3. The quantitative estimate of drug-likeness (QED) is 0.522. The van der Waals surface area contributed by atoms with E-state index in [1.807, 2.05) is 48.7 Å². The lowest BCUT2D eigenvalue weighted by Gasteiger charge is -2.13. The third-order valence-electron chi connectivity index (χ3n) is 4.36. The van der Waals surface area contributed by atoms with Crippen molar-refractivity contribution in [3.8, 4) is 22.6 Å². The average Bonchev–Trinajstić information content (AvgIpc) is 3.17. The van der Waals surface area contributed by atoms with E-state index in [2.05, 4.69) is 15.4 Å². The van der Waals surface area contributed by atoms with Gasteiger partial charge in [-0.2, -0.15) is 5.10 Å². The van der Waals surface area contributed by atoms with Gasteiger partial charge in [-0.05, 0) is 35.2 Å². The molecule has 2 heterocycles. The fourth-order valence-corrected chi connectivity index (χ4v) is 3.01. The second-order valence-corrected chi connectivity index (χ2v) is 6.01. The van der Waals surface area contributed by atoms with Gasteiger partial charge in [0.05, 0.1) is 11.9 Å². The highest BCUT2D eigenvalue weighted by Gasteiger charge is 2.17. The van der Waals surface area contributed by atoms with E-state index in [1.165, 1.54) is 17.9 Å². The Morgan fingerprint density at radius 3 is 2.81 bits per heavy atom. The van der Waals surface area contributed by atoms with Gasteiger partial charge in [0.1, 0.15) is 0 Å². The number of nitrogens with one attached hydrogen (secondary N) is 2. The number of para-hydroxylation sites is 1. The Kier molecular flexibility index (Phi) is 3.97. The molecular formula is C20H16N4O3. The van der Waals surface area contributed by atoms with Crippen LogP contribution in [0.25, 0.3) is 27.7 Å². The number of aromatic hydroxyl groups is 1. The summed E-state index contributed by atoms with van der Waals surface area (Å²) in [6.07, 6.45) is 3.08. The molecule has 4 aromatic rings. The molecule has 1 amide bonds. The number of H-pyrrole nitrogens is 1. The second-order valence-electron chi connectivity index (χ2n) is 6.01. The van der Waals surface area contributed by atoms with Gasteiger partial charge in [-0.1, -0.05) is 24.3 Å². The summed E-state index contributed by atoms with van der Waals surface area (Å²) < 4.78 is 1.35. The number of aromatic amines is 1. The highest BCUT2D eigenvalue weighted by molar-refractivity contribution is 5.92. The van der Waals surface area contributed by atoms with Gasteiger partial charge in [-0.3, -0.25) is 9.59 Å². The number of hydrogen-bond acceptors (Lipinski definition) is 4. The number of benzene rings is 2. The average molecular weight is 360 g/mol. The van der Waals surface area contributed by atoms with Crippen LogP contribution < -0.4 is 10.7 Å². The maximum atomic E-state index is 12.0.